The van der Waals surface area contributed by atoms with Gasteiger partial charge in [-0.05, 0) is 85.3 Å². The molecule has 0 amide bonds. The summed E-state index contributed by atoms with van der Waals surface area (Å²) in [7, 11) is -3.18. The standard InChI is InChI=1S/C17H17NO2S2.2C7H4/c1-2-3-11-22(19,20)16-12-14-9-10-15(18-17(14)21-16)13-7-5-4-6-8-13;2*1-3-5-7-6-4-2/h4-10,12H,2-3,11H2,1H3;2*1-2H2. The van der Waals surface area contributed by atoms with E-state index in [9.17, 15) is 8.42 Å². The van der Waals surface area contributed by atoms with Crippen molar-refractivity contribution in [1.29, 1.82) is 0 Å². The molecule has 1 aromatic carbocycles. The van der Waals surface area contributed by atoms with Crippen LogP contribution < -0.4 is 0 Å². The zero-order chi connectivity index (χ0) is 26.7. The highest BCUT2D eigenvalue weighted by Gasteiger charge is 2.18. The average Bonchev–Trinajstić information content (AvgIpc) is 3.34. The summed E-state index contributed by atoms with van der Waals surface area (Å²) in [6.45, 7) is 15.0. The van der Waals surface area contributed by atoms with Gasteiger partial charge in [0.05, 0.1) is 11.4 Å². The molecule has 3 aromatic rings. The van der Waals surface area contributed by atoms with Crippen LogP contribution >= 0.6 is 11.3 Å². The van der Waals surface area contributed by atoms with Crippen LogP contribution in [0.1, 0.15) is 19.8 Å². The molecule has 3 nitrogen and oxygen atoms in total. The van der Waals surface area contributed by atoms with Crippen molar-refractivity contribution in [2.24, 2.45) is 0 Å². The number of sulfone groups is 1. The van der Waals surface area contributed by atoms with Gasteiger partial charge < -0.3 is 0 Å². The van der Waals surface area contributed by atoms with Crippen LogP contribution in [0.15, 0.2) is 136 Å². The molecule has 5 heteroatoms. The van der Waals surface area contributed by atoms with Crippen LogP contribution in [0.3, 0.4) is 0 Å². The summed E-state index contributed by atoms with van der Waals surface area (Å²) >= 11 is 1.26. The zero-order valence-electron chi connectivity index (χ0n) is 20.1. The number of pyridine rings is 1. The van der Waals surface area contributed by atoms with Crippen LogP contribution in [0.25, 0.3) is 21.5 Å². The molecule has 0 aliphatic heterocycles. The first-order valence-electron chi connectivity index (χ1n) is 10.7. The molecule has 0 fully saturated rings. The van der Waals surface area contributed by atoms with Gasteiger partial charge in [-0.3, -0.25) is 0 Å². The van der Waals surface area contributed by atoms with Gasteiger partial charge in [0, 0.05) is 10.9 Å². The van der Waals surface area contributed by atoms with E-state index < -0.39 is 9.84 Å². The molecule has 2 aromatic heterocycles. The van der Waals surface area contributed by atoms with Gasteiger partial charge in [0.2, 0.25) is 0 Å². The average molecular weight is 508 g/mol. The Balaban J connectivity index is 0.000000383. The molecule has 0 aliphatic carbocycles. The van der Waals surface area contributed by atoms with E-state index in [0.717, 1.165) is 27.9 Å². The molecule has 0 atom stereocenters. The number of nitrogens with zero attached hydrogens (tertiary/aromatic N) is 1. The molecule has 178 valence electrons. The summed E-state index contributed by atoms with van der Waals surface area (Å²) in [5.41, 5.74) is 25.9. The van der Waals surface area contributed by atoms with Crippen molar-refractivity contribution >= 4 is 31.4 Å². The second-order valence-corrected chi connectivity index (χ2v) is 10.0. The third-order valence-electron chi connectivity index (χ3n) is 4.11. The van der Waals surface area contributed by atoms with Crippen molar-refractivity contribution in [2.45, 2.75) is 24.0 Å². The summed E-state index contributed by atoms with van der Waals surface area (Å²) in [4.78, 5) is 5.39. The first kappa shape index (κ1) is 29.6. The predicted octanol–water partition coefficient (Wildman–Crippen LogP) is 7.69. The Bertz CT molecular complexity index is 1550. The van der Waals surface area contributed by atoms with E-state index in [1.807, 2.05) is 49.4 Å². The maximum Gasteiger partial charge on any atom is 0.187 e. The highest BCUT2D eigenvalue weighted by molar-refractivity contribution is 7.93. The van der Waals surface area contributed by atoms with Crippen LogP contribution in [0.5, 0.6) is 0 Å². The molecular weight excluding hydrogens is 482 g/mol. The van der Waals surface area contributed by atoms with E-state index in [1.165, 1.54) is 11.3 Å². The molecule has 0 aliphatic rings. The summed E-state index contributed by atoms with van der Waals surface area (Å²) in [5.74, 6) is 0.210. The molecule has 0 saturated carbocycles. The van der Waals surface area contributed by atoms with Crippen LogP contribution in [-0.2, 0) is 9.84 Å². The third-order valence-corrected chi connectivity index (χ3v) is 7.51. The van der Waals surface area contributed by atoms with Crippen molar-refractivity contribution in [3.05, 3.63) is 132 Å². The maximum absolute atomic E-state index is 12.3. The van der Waals surface area contributed by atoms with Crippen molar-refractivity contribution in [2.75, 3.05) is 5.75 Å². The van der Waals surface area contributed by atoms with Crippen molar-refractivity contribution in [1.82, 2.24) is 4.98 Å². The number of hydrogen-bond donors (Lipinski definition) is 0. The van der Waals surface area contributed by atoms with Gasteiger partial charge in [-0.15, -0.1) is 11.3 Å². The Labute approximate surface area is 217 Å². The van der Waals surface area contributed by atoms with E-state index in [2.05, 4.69) is 88.6 Å². The Morgan fingerprint density at radius 1 is 0.806 bits per heavy atom. The predicted molar refractivity (Wildman–Crippen MR) is 150 cm³/mol. The lowest BCUT2D eigenvalue weighted by Gasteiger charge is -1.99. The number of benzene rings is 1. The fraction of sp³-hybridized carbons (Fsp3) is 0.129. The molecule has 0 radical (unpaired) electrons. The minimum Gasteiger partial charge on any atom is -0.237 e. The fourth-order valence-corrected chi connectivity index (χ4v) is 5.43. The fourth-order valence-electron chi connectivity index (χ4n) is 2.49. The van der Waals surface area contributed by atoms with Crippen LogP contribution in [0.2, 0.25) is 0 Å². The number of rotatable bonds is 5. The van der Waals surface area contributed by atoms with Gasteiger partial charge in [0.25, 0.3) is 0 Å². The maximum atomic E-state index is 12.3. The summed E-state index contributed by atoms with van der Waals surface area (Å²) in [6.07, 6.45) is 1.57. The first-order valence-corrected chi connectivity index (χ1v) is 13.2. The van der Waals surface area contributed by atoms with Crippen LogP contribution in [0, 0.1) is 0 Å². The van der Waals surface area contributed by atoms with E-state index in [0.29, 0.717) is 10.6 Å². The number of unbranched alkanes of at least 4 members (excludes halogenated alkanes) is 1. The molecule has 0 spiro atoms. The summed E-state index contributed by atoms with van der Waals surface area (Å²) in [6, 6.07) is 15.5. The monoisotopic (exact) mass is 507 g/mol. The van der Waals surface area contributed by atoms with Gasteiger partial charge in [-0.1, -0.05) is 66.6 Å². The topological polar surface area (TPSA) is 47.0 Å². The van der Waals surface area contributed by atoms with Gasteiger partial charge in [-0.2, -0.15) is 0 Å². The normalized spacial score (nSPS) is 8.58. The number of thiophene rings is 1. The molecule has 0 saturated heterocycles. The van der Waals surface area contributed by atoms with E-state index in [1.54, 1.807) is 6.07 Å². The number of fused-ring (bicyclic) bond motifs is 1. The van der Waals surface area contributed by atoms with Gasteiger partial charge in [0.1, 0.15) is 9.04 Å². The number of aromatic nitrogens is 1. The van der Waals surface area contributed by atoms with Gasteiger partial charge in [-0.25, -0.2) is 13.4 Å². The van der Waals surface area contributed by atoms with Crippen LogP contribution in [0.4, 0.5) is 0 Å². The second kappa shape index (κ2) is 17.1. The van der Waals surface area contributed by atoms with E-state index in [-0.39, 0.29) is 5.75 Å². The van der Waals surface area contributed by atoms with Crippen molar-refractivity contribution < 1.29 is 8.42 Å². The number of hydrogen-bond acceptors (Lipinski definition) is 4. The second-order valence-electron chi connectivity index (χ2n) is 6.65. The van der Waals surface area contributed by atoms with Gasteiger partial charge >= 0.3 is 0 Å². The Hall–Kier alpha value is -4.44. The van der Waals surface area contributed by atoms with Crippen molar-refractivity contribution in [3.63, 3.8) is 0 Å². The molecule has 0 N–H and O–H groups in total. The Kier molecular flexibility index (Phi) is 14.0. The quantitative estimate of drug-likeness (QED) is 0.333. The molecule has 0 unspecified atom stereocenters. The zero-order valence-corrected chi connectivity index (χ0v) is 21.8. The van der Waals surface area contributed by atoms with E-state index >= 15 is 0 Å². The highest BCUT2D eigenvalue weighted by atomic mass is 32.2. The lowest BCUT2D eigenvalue weighted by Crippen LogP contribution is -2.04. The van der Waals surface area contributed by atoms with E-state index in [4.69, 9.17) is 0 Å². The molecule has 0 bridgehead atoms. The SMILES string of the molecule is C=C=C=C=C=C=C.C=C=C=C=C=C=C.CCCCS(=O)(=O)c1cc2ccc(-c3ccccc3)nc2s1. The smallest absolute Gasteiger partial charge is 0.187 e. The van der Waals surface area contributed by atoms with Crippen LogP contribution in [-0.4, -0.2) is 19.2 Å². The lowest BCUT2D eigenvalue weighted by atomic mass is 10.1. The van der Waals surface area contributed by atoms with Gasteiger partial charge in [0.15, 0.2) is 9.84 Å². The Morgan fingerprint density at radius 2 is 1.36 bits per heavy atom. The molecular formula is C31H25NO2S2. The molecule has 2 heterocycles. The Morgan fingerprint density at radius 3 is 1.86 bits per heavy atom. The highest BCUT2D eigenvalue weighted by Crippen LogP contribution is 2.31. The first-order chi connectivity index (χ1) is 17.4. The lowest BCUT2D eigenvalue weighted by molar-refractivity contribution is 0.594. The van der Waals surface area contributed by atoms with Crippen molar-refractivity contribution in [3.8, 4) is 11.3 Å². The minimum atomic E-state index is -3.18. The summed E-state index contributed by atoms with van der Waals surface area (Å²) in [5, 5.41) is 0.889. The largest absolute Gasteiger partial charge is 0.237 e. The summed E-state index contributed by atoms with van der Waals surface area (Å²) < 4.78 is 25.0. The molecule has 3 rings (SSSR count). The third kappa shape index (κ3) is 10.7. The molecule has 36 heavy (non-hydrogen) atoms. The minimum absolute atomic E-state index is 0.210.